The third-order valence-electron chi connectivity index (χ3n) is 3.61. The highest BCUT2D eigenvalue weighted by Crippen LogP contribution is 2.36. The summed E-state index contributed by atoms with van der Waals surface area (Å²) in [7, 11) is 0. The Kier molecular flexibility index (Phi) is 4.24. The smallest absolute Gasteiger partial charge is 0.214 e. The fraction of sp³-hybridized carbons (Fsp3) is 0.462. The van der Waals surface area contributed by atoms with Gasteiger partial charge in [0.1, 0.15) is 0 Å². The SMILES string of the molecule is NCc1c(Cl)cccc1Sc1nnnn1C1CCCC1. The summed E-state index contributed by atoms with van der Waals surface area (Å²) in [6.45, 7) is 0.410. The van der Waals surface area contributed by atoms with Crippen LogP contribution in [0.2, 0.25) is 5.02 Å². The van der Waals surface area contributed by atoms with Gasteiger partial charge in [0.25, 0.3) is 0 Å². The van der Waals surface area contributed by atoms with E-state index >= 15 is 0 Å². The molecule has 0 saturated heterocycles. The Morgan fingerprint density at radius 2 is 2.15 bits per heavy atom. The van der Waals surface area contributed by atoms with Gasteiger partial charge in [-0.05, 0) is 52.7 Å². The summed E-state index contributed by atoms with van der Waals surface area (Å²) in [5.74, 6) is 0. The molecule has 1 aliphatic carbocycles. The summed E-state index contributed by atoms with van der Waals surface area (Å²) >= 11 is 7.72. The van der Waals surface area contributed by atoms with Gasteiger partial charge in [0, 0.05) is 16.5 Å². The number of halogens is 1. The number of rotatable bonds is 4. The van der Waals surface area contributed by atoms with Crippen molar-refractivity contribution in [2.75, 3.05) is 0 Å². The largest absolute Gasteiger partial charge is 0.326 e. The lowest BCUT2D eigenvalue weighted by molar-refractivity contribution is 0.423. The maximum absolute atomic E-state index is 6.18. The first-order chi connectivity index (χ1) is 9.79. The molecular weight excluding hydrogens is 294 g/mol. The molecule has 0 radical (unpaired) electrons. The molecule has 3 rings (SSSR count). The molecule has 2 N–H and O–H groups in total. The van der Waals surface area contributed by atoms with E-state index < -0.39 is 0 Å². The second kappa shape index (κ2) is 6.11. The number of hydrogen-bond donors (Lipinski definition) is 1. The van der Waals surface area contributed by atoms with Crippen molar-refractivity contribution >= 4 is 23.4 Å². The monoisotopic (exact) mass is 309 g/mol. The molecule has 1 aliphatic rings. The summed E-state index contributed by atoms with van der Waals surface area (Å²) in [6, 6.07) is 6.21. The zero-order valence-electron chi connectivity index (χ0n) is 11.0. The number of nitrogens with two attached hydrogens (primary N) is 1. The van der Waals surface area contributed by atoms with E-state index in [0.29, 0.717) is 17.6 Å². The quantitative estimate of drug-likeness (QED) is 0.940. The third kappa shape index (κ3) is 2.68. The summed E-state index contributed by atoms with van der Waals surface area (Å²) in [4.78, 5) is 1.02. The molecule has 1 aromatic heterocycles. The van der Waals surface area contributed by atoms with Gasteiger partial charge in [-0.2, -0.15) is 0 Å². The van der Waals surface area contributed by atoms with Gasteiger partial charge >= 0.3 is 0 Å². The van der Waals surface area contributed by atoms with E-state index in [1.54, 1.807) is 0 Å². The molecule has 0 atom stereocenters. The minimum absolute atomic E-state index is 0.410. The van der Waals surface area contributed by atoms with Gasteiger partial charge in [0.05, 0.1) is 6.04 Å². The highest BCUT2D eigenvalue weighted by molar-refractivity contribution is 7.99. The Morgan fingerprint density at radius 3 is 2.90 bits per heavy atom. The molecular formula is C13H16ClN5S. The standard InChI is InChI=1S/C13H16ClN5S/c14-11-6-3-7-12(10(11)8-15)20-13-16-17-18-19(13)9-4-1-2-5-9/h3,6-7,9H,1-2,4-5,8,15H2. The van der Waals surface area contributed by atoms with E-state index in [0.717, 1.165) is 28.5 Å². The van der Waals surface area contributed by atoms with Crippen LogP contribution < -0.4 is 5.73 Å². The van der Waals surface area contributed by atoms with Crippen LogP contribution in [-0.2, 0) is 6.54 Å². The zero-order valence-corrected chi connectivity index (χ0v) is 12.6. The third-order valence-corrected chi connectivity index (χ3v) is 5.02. The highest BCUT2D eigenvalue weighted by atomic mass is 35.5. The highest BCUT2D eigenvalue weighted by Gasteiger charge is 2.22. The van der Waals surface area contributed by atoms with Crippen LogP contribution in [0.1, 0.15) is 37.3 Å². The van der Waals surface area contributed by atoms with Crippen molar-refractivity contribution < 1.29 is 0 Å². The summed E-state index contributed by atoms with van der Waals surface area (Å²) < 4.78 is 1.94. The lowest BCUT2D eigenvalue weighted by atomic mass is 10.2. The van der Waals surface area contributed by atoms with E-state index in [1.165, 1.54) is 24.6 Å². The van der Waals surface area contributed by atoms with Crippen molar-refractivity contribution in [1.29, 1.82) is 0 Å². The van der Waals surface area contributed by atoms with E-state index in [2.05, 4.69) is 15.5 Å². The lowest BCUT2D eigenvalue weighted by Crippen LogP contribution is -2.08. The first kappa shape index (κ1) is 13.9. The van der Waals surface area contributed by atoms with Gasteiger partial charge < -0.3 is 5.73 Å². The Balaban J connectivity index is 1.88. The number of benzene rings is 1. The Hall–Kier alpha value is -1.11. The molecule has 0 amide bonds. The average molecular weight is 310 g/mol. The summed E-state index contributed by atoms with van der Waals surface area (Å²) in [5, 5.41) is 13.6. The van der Waals surface area contributed by atoms with Crippen LogP contribution in [0.3, 0.4) is 0 Å². The zero-order chi connectivity index (χ0) is 13.9. The normalized spacial score (nSPS) is 15.9. The number of tetrazole rings is 1. The Morgan fingerprint density at radius 1 is 1.35 bits per heavy atom. The topological polar surface area (TPSA) is 69.6 Å². The van der Waals surface area contributed by atoms with Gasteiger partial charge in [-0.15, -0.1) is 5.10 Å². The molecule has 7 heteroatoms. The molecule has 1 saturated carbocycles. The van der Waals surface area contributed by atoms with Crippen molar-refractivity contribution in [3.63, 3.8) is 0 Å². The number of hydrogen-bond acceptors (Lipinski definition) is 5. The van der Waals surface area contributed by atoms with Crippen molar-refractivity contribution in [1.82, 2.24) is 20.2 Å². The van der Waals surface area contributed by atoms with Gasteiger partial charge in [-0.25, -0.2) is 4.68 Å². The van der Waals surface area contributed by atoms with Crippen molar-refractivity contribution in [2.24, 2.45) is 5.73 Å². The van der Waals surface area contributed by atoms with Crippen LogP contribution in [0, 0.1) is 0 Å². The maximum Gasteiger partial charge on any atom is 0.214 e. The first-order valence-electron chi connectivity index (χ1n) is 6.72. The van der Waals surface area contributed by atoms with Crippen LogP contribution in [-0.4, -0.2) is 20.2 Å². The summed E-state index contributed by atoms with van der Waals surface area (Å²) in [5.41, 5.74) is 6.73. The van der Waals surface area contributed by atoms with Crippen LogP contribution in [0.5, 0.6) is 0 Å². The number of aromatic nitrogens is 4. The maximum atomic E-state index is 6.18. The van der Waals surface area contributed by atoms with Crippen LogP contribution in [0.25, 0.3) is 0 Å². The van der Waals surface area contributed by atoms with Crippen molar-refractivity contribution in [3.05, 3.63) is 28.8 Å². The molecule has 5 nitrogen and oxygen atoms in total. The second-order valence-corrected chi connectivity index (χ2v) is 6.28. The molecule has 1 fully saturated rings. The van der Waals surface area contributed by atoms with E-state index in [1.807, 2.05) is 22.9 Å². The fourth-order valence-corrected chi connectivity index (χ4v) is 3.89. The molecule has 1 heterocycles. The molecule has 0 spiro atoms. The fourth-order valence-electron chi connectivity index (χ4n) is 2.56. The molecule has 0 unspecified atom stereocenters. The van der Waals surface area contributed by atoms with Gasteiger partial charge in [0.2, 0.25) is 5.16 Å². The number of nitrogens with zero attached hydrogens (tertiary/aromatic N) is 4. The minimum Gasteiger partial charge on any atom is -0.326 e. The Labute approximate surface area is 126 Å². The van der Waals surface area contributed by atoms with Crippen molar-refractivity contribution in [2.45, 2.75) is 48.3 Å². The molecule has 1 aromatic carbocycles. The van der Waals surface area contributed by atoms with Gasteiger partial charge in [-0.1, -0.05) is 30.5 Å². The minimum atomic E-state index is 0.410. The predicted octanol–water partition coefficient (Wildman–Crippen LogP) is 3.05. The van der Waals surface area contributed by atoms with Crippen LogP contribution in [0.4, 0.5) is 0 Å². The van der Waals surface area contributed by atoms with E-state index in [4.69, 9.17) is 17.3 Å². The lowest BCUT2D eigenvalue weighted by Gasteiger charge is -2.12. The first-order valence-corrected chi connectivity index (χ1v) is 7.92. The van der Waals surface area contributed by atoms with Crippen LogP contribution >= 0.6 is 23.4 Å². The molecule has 0 aliphatic heterocycles. The molecule has 106 valence electrons. The van der Waals surface area contributed by atoms with Crippen molar-refractivity contribution in [3.8, 4) is 0 Å². The Bertz CT molecular complexity index is 594. The predicted molar refractivity (Wildman–Crippen MR) is 78.8 cm³/mol. The van der Waals surface area contributed by atoms with Gasteiger partial charge in [-0.3, -0.25) is 0 Å². The molecule has 0 bridgehead atoms. The second-order valence-electron chi connectivity index (χ2n) is 4.87. The summed E-state index contributed by atoms with van der Waals surface area (Å²) in [6.07, 6.45) is 4.80. The molecule has 20 heavy (non-hydrogen) atoms. The average Bonchev–Trinajstić information content (AvgIpc) is 3.09. The molecule has 2 aromatic rings. The van der Waals surface area contributed by atoms with Gasteiger partial charge in [0.15, 0.2) is 0 Å². The van der Waals surface area contributed by atoms with E-state index in [-0.39, 0.29) is 0 Å². The van der Waals surface area contributed by atoms with E-state index in [9.17, 15) is 0 Å². The van der Waals surface area contributed by atoms with Crippen LogP contribution in [0.15, 0.2) is 28.3 Å².